The molecule has 2 rings (SSSR count). The lowest BCUT2D eigenvalue weighted by molar-refractivity contribution is -0.138. The van der Waals surface area contributed by atoms with Crippen molar-refractivity contribution in [2.45, 2.75) is 32.0 Å². The number of likely N-dealkylation sites (tertiary alicyclic amines) is 1. The van der Waals surface area contributed by atoms with Crippen LogP contribution in [0.2, 0.25) is 0 Å². The van der Waals surface area contributed by atoms with E-state index in [1.807, 2.05) is 0 Å². The highest BCUT2D eigenvalue weighted by Gasteiger charge is 2.36. The summed E-state index contributed by atoms with van der Waals surface area (Å²) in [6.45, 7) is 3.97. The number of nitrogens with two attached hydrogens (primary N) is 1. The van der Waals surface area contributed by atoms with Crippen LogP contribution in [-0.2, 0) is 6.18 Å². The van der Waals surface area contributed by atoms with Gasteiger partial charge in [-0.3, -0.25) is 4.90 Å². The van der Waals surface area contributed by atoms with Gasteiger partial charge in [-0.25, -0.2) is 0 Å². The lowest BCUT2D eigenvalue weighted by Crippen LogP contribution is -2.41. The van der Waals surface area contributed by atoms with E-state index < -0.39 is 11.7 Å². The van der Waals surface area contributed by atoms with Crippen LogP contribution in [0.5, 0.6) is 0 Å². The molecule has 20 heavy (non-hydrogen) atoms. The van der Waals surface area contributed by atoms with E-state index in [0.29, 0.717) is 11.5 Å². The van der Waals surface area contributed by atoms with E-state index in [0.717, 1.165) is 32.0 Å². The SMILES string of the molecule is C[C@H]1CCCN([C@H](CN)c2ccccc2C(F)(F)F)C1. The molecule has 1 aromatic rings. The van der Waals surface area contributed by atoms with Crippen molar-refractivity contribution in [3.63, 3.8) is 0 Å². The zero-order valence-corrected chi connectivity index (χ0v) is 11.7. The molecule has 2 atom stereocenters. The highest BCUT2D eigenvalue weighted by molar-refractivity contribution is 5.32. The molecule has 1 aliphatic rings. The van der Waals surface area contributed by atoms with Crippen LogP contribution in [0.1, 0.15) is 36.9 Å². The number of piperidine rings is 1. The minimum absolute atomic E-state index is 0.208. The number of alkyl halides is 3. The van der Waals surface area contributed by atoms with Crippen LogP contribution in [-0.4, -0.2) is 24.5 Å². The van der Waals surface area contributed by atoms with Gasteiger partial charge in [0.25, 0.3) is 0 Å². The molecule has 1 aromatic carbocycles. The third kappa shape index (κ3) is 3.33. The van der Waals surface area contributed by atoms with Gasteiger partial charge in [-0.15, -0.1) is 0 Å². The van der Waals surface area contributed by atoms with Crippen LogP contribution in [0.3, 0.4) is 0 Å². The van der Waals surface area contributed by atoms with Crippen molar-refractivity contribution in [3.8, 4) is 0 Å². The zero-order chi connectivity index (χ0) is 14.8. The summed E-state index contributed by atoms with van der Waals surface area (Å²) < 4.78 is 39.4. The van der Waals surface area contributed by atoms with Crippen molar-refractivity contribution < 1.29 is 13.2 Å². The highest BCUT2D eigenvalue weighted by Crippen LogP contribution is 2.37. The van der Waals surface area contributed by atoms with E-state index in [-0.39, 0.29) is 12.6 Å². The molecule has 0 unspecified atom stereocenters. The maximum atomic E-state index is 13.1. The largest absolute Gasteiger partial charge is 0.416 e. The van der Waals surface area contributed by atoms with Gasteiger partial charge in [0.05, 0.1) is 5.56 Å². The molecular formula is C15H21F3N2. The predicted molar refractivity (Wildman–Crippen MR) is 73.2 cm³/mol. The zero-order valence-electron chi connectivity index (χ0n) is 11.7. The Balaban J connectivity index is 2.32. The molecule has 0 radical (unpaired) electrons. The van der Waals surface area contributed by atoms with E-state index in [1.165, 1.54) is 6.07 Å². The van der Waals surface area contributed by atoms with Crippen molar-refractivity contribution in [2.75, 3.05) is 19.6 Å². The number of hydrogen-bond donors (Lipinski definition) is 1. The molecule has 5 heteroatoms. The van der Waals surface area contributed by atoms with E-state index in [1.54, 1.807) is 12.1 Å². The predicted octanol–water partition coefficient (Wildman–Crippen LogP) is 3.44. The summed E-state index contributed by atoms with van der Waals surface area (Å²) >= 11 is 0. The van der Waals surface area contributed by atoms with Crippen molar-refractivity contribution in [2.24, 2.45) is 11.7 Å². The topological polar surface area (TPSA) is 29.3 Å². The fourth-order valence-corrected chi connectivity index (χ4v) is 3.03. The molecular weight excluding hydrogens is 265 g/mol. The second kappa shape index (κ2) is 6.14. The number of nitrogens with zero attached hydrogens (tertiary/aromatic N) is 1. The van der Waals surface area contributed by atoms with Crippen LogP contribution in [0.25, 0.3) is 0 Å². The Morgan fingerprint density at radius 3 is 2.65 bits per heavy atom. The van der Waals surface area contributed by atoms with Crippen LogP contribution < -0.4 is 5.73 Å². The van der Waals surface area contributed by atoms with Crippen LogP contribution in [0.4, 0.5) is 13.2 Å². The summed E-state index contributed by atoms with van der Waals surface area (Å²) in [5.74, 6) is 0.510. The molecule has 2 nitrogen and oxygen atoms in total. The number of benzene rings is 1. The summed E-state index contributed by atoms with van der Waals surface area (Å²) in [4.78, 5) is 2.10. The quantitative estimate of drug-likeness (QED) is 0.922. The molecule has 1 heterocycles. The molecule has 0 spiro atoms. The average Bonchev–Trinajstić information content (AvgIpc) is 2.39. The van der Waals surface area contributed by atoms with Gasteiger partial charge in [0, 0.05) is 19.1 Å². The Morgan fingerprint density at radius 1 is 1.35 bits per heavy atom. The Labute approximate surface area is 117 Å². The standard InChI is InChI=1S/C15H21F3N2/c1-11-5-4-8-20(10-11)14(9-19)12-6-2-3-7-13(12)15(16,17)18/h2-3,6-7,11,14H,4-5,8-10,19H2,1H3/t11-,14+/m0/s1. The number of hydrogen-bond acceptors (Lipinski definition) is 2. The average molecular weight is 286 g/mol. The van der Waals surface area contributed by atoms with Gasteiger partial charge in [0.1, 0.15) is 0 Å². The number of halogens is 3. The van der Waals surface area contributed by atoms with E-state index >= 15 is 0 Å². The van der Waals surface area contributed by atoms with Crippen LogP contribution in [0.15, 0.2) is 24.3 Å². The van der Waals surface area contributed by atoms with Gasteiger partial charge < -0.3 is 5.73 Å². The Hall–Kier alpha value is -1.07. The van der Waals surface area contributed by atoms with Crippen LogP contribution in [0, 0.1) is 5.92 Å². The summed E-state index contributed by atoms with van der Waals surface area (Å²) in [5, 5.41) is 0. The third-order valence-corrected chi connectivity index (χ3v) is 3.98. The van der Waals surface area contributed by atoms with Gasteiger partial charge >= 0.3 is 6.18 Å². The second-order valence-corrected chi connectivity index (χ2v) is 5.58. The first-order valence-electron chi connectivity index (χ1n) is 7.03. The van der Waals surface area contributed by atoms with Crippen LogP contribution >= 0.6 is 0 Å². The second-order valence-electron chi connectivity index (χ2n) is 5.58. The molecule has 0 aliphatic carbocycles. The van der Waals surface area contributed by atoms with Gasteiger partial charge in [-0.05, 0) is 36.9 Å². The van der Waals surface area contributed by atoms with Gasteiger partial charge in [-0.1, -0.05) is 25.1 Å². The fourth-order valence-electron chi connectivity index (χ4n) is 3.03. The van der Waals surface area contributed by atoms with Crippen molar-refractivity contribution in [1.29, 1.82) is 0 Å². The first-order chi connectivity index (χ1) is 9.43. The highest BCUT2D eigenvalue weighted by atomic mass is 19.4. The molecule has 0 bridgehead atoms. The molecule has 1 aliphatic heterocycles. The van der Waals surface area contributed by atoms with E-state index in [4.69, 9.17) is 5.73 Å². The lowest BCUT2D eigenvalue weighted by atomic mass is 9.93. The van der Waals surface area contributed by atoms with Gasteiger partial charge in [0.2, 0.25) is 0 Å². The normalized spacial score (nSPS) is 22.8. The molecule has 2 N–H and O–H groups in total. The Morgan fingerprint density at radius 2 is 2.05 bits per heavy atom. The van der Waals surface area contributed by atoms with E-state index in [9.17, 15) is 13.2 Å². The minimum Gasteiger partial charge on any atom is -0.329 e. The molecule has 0 saturated carbocycles. The molecule has 1 fully saturated rings. The van der Waals surface area contributed by atoms with Gasteiger partial charge in [0.15, 0.2) is 0 Å². The van der Waals surface area contributed by atoms with Crippen molar-refractivity contribution >= 4 is 0 Å². The molecule has 112 valence electrons. The monoisotopic (exact) mass is 286 g/mol. The van der Waals surface area contributed by atoms with Crippen molar-refractivity contribution in [1.82, 2.24) is 4.90 Å². The third-order valence-electron chi connectivity index (χ3n) is 3.98. The first-order valence-corrected chi connectivity index (χ1v) is 7.03. The molecule has 0 aromatic heterocycles. The molecule has 1 saturated heterocycles. The van der Waals surface area contributed by atoms with Crippen molar-refractivity contribution in [3.05, 3.63) is 35.4 Å². The Kier molecular flexibility index (Phi) is 4.70. The summed E-state index contributed by atoms with van der Waals surface area (Å²) in [6.07, 6.45) is -2.17. The summed E-state index contributed by atoms with van der Waals surface area (Å²) in [7, 11) is 0. The fraction of sp³-hybridized carbons (Fsp3) is 0.600. The van der Waals surface area contributed by atoms with Gasteiger partial charge in [-0.2, -0.15) is 13.2 Å². The molecule has 0 amide bonds. The minimum atomic E-state index is -4.33. The maximum Gasteiger partial charge on any atom is 0.416 e. The van der Waals surface area contributed by atoms with E-state index in [2.05, 4.69) is 11.8 Å². The Bertz CT molecular complexity index is 445. The lowest BCUT2D eigenvalue weighted by Gasteiger charge is -2.37. The summed E-state index contributed by atoms with van der Waals surface area (Å²) in [5.41, 5.74) is 5.53. The first kappa shape index (κ1) is 15.3. The summed E-state index contributed by atoms with van der Waals surface area (Å²) in [6, 6.07) is 5.43. The smallest absolute Gasteiger partial charge is 0.329 e. The number of rotatable bonds is 3. The maximum absolute atomic E-state index is 13.1.